The van der Waals surface area contributed by atoms with Crippen LogP contribution in [0.1, 0.15) is 38.3 Å². The minimum atomic E-state index is -3.81. The molecular weight excluding hydrogens is 538 g/mol. The average molecular weight is 580 g/mol. The van der Waals surface area contributed by atoms with Crippen LogP contribution in [0.25, 0.3) is 0 Å². The summed E-state index contributed by atoms with van der Waals surface area (Å²) in [6.45, 7) is 6.58. The molecule has 1 N–H and O–H groups in total. The Kier molecular flexibility index (Phi) is 11.8. The molecule has 0 spiro atoms. The molecule has 0 bridgehead atoms. The van der Waals surface area contributed by atoms with Crippen molar-refractivity contribution in [3.63, 3.8) is 0 Å². The largest absolute Gasteiger partial charge is 0.489 e. The van der Waals surface area contributed by atoms with Gasteiger partial charge < -0.3 is 15.0 Å². The second-order valence-corrected chi connectivity index (χ2v) is 12.3. The van der Waals surface area contributed by atoms with Gasteiger partial charge in [0, 0.05) is 13.1 Å². The van der Waals surface area contributed by atoms with Crippen LogP contribution in [0, 0.1) is 5.92 Å². The second kappa shape index (κ2) is 15.2. The molecule has 3 aromatic carbocycles. The number of carbonyl (C=O) groups excluding carboxylic acids is 2. The molecule has 3 aromatic rings. The number of anilines is 1. The number of nitrogens with zero attached hydrogens (tertiary/aromatic N) is 2. The Bertz CT molecular complexity index is 1350. The smallest absolute Gasteiger partial charge is 0.244 e. The van der Waals surface area contributed by atoms with Crippen molar-refractivity contribution in [2.24, 2.45) is 5.92 Å². The van der Waals surface area contributed by atoms with Crippen molar-refractivity contribution in [3.8, 4) is 5.75 Å². The zero-order chi connectivity index (χ0) is 29.8. The number of benzene rings is 3. The van der Waals surface area contributed by atoms with Crippen molar-refractivity contribution in [2.75, 3.05) is 30.2 Å². The molecule has 0 saturated heterocycles. The maximum Gasteiger partial charge on any atom is 0.244 e. The van der Waals surface area contributed by atoms with Crippen LogP contribution in [0.2, 0.25) is 0 Å². The van der Waals surface area contributed by atoms with Crippen molar-refractivity contribution in [2.45, 2.75) is 46.3 Å². The van der Waals surface area contributed by atoms with E-state index in [0.717, 1.165) is 21.7 Å². The minimum Gasteiger partial charge on any atom is -0.489 e. The molecule has 3 rings (SSSR count). The van der Waals surface area contributed by atoms with Crippen LogP contribution in [0.15, 0.2) is 84.9 Å². The Labute approximate surface area is 244 Å². The monoisotopic (exact) mass is 579 g/mol. The predicted molar refractivity (Wildman–Crippen MR) is 163 cm³/mol. The van der Waals surface area contributed by atoms with E-state index in [1.54, 1.807) is 24.3 Å². The summed E-state index contributed by atoms with van der Waals surface area (Å²) in [5.41, 5.74) is 2.38. The van der Waals surface area contributed by atoms with E-state index in [-0.39, 0.29) is 18.4 Å². The second-order valence-electron chi connectivity index (χ2n) is 10.4. The number of ether oxygens (including phenoxy) is 1. The average Bonchev–Trinajstić information content (AvgIpc) is 2.96. The third-order valence-electron chi connectivity index (χ3n) is 6.61. The highest BCUT2D eigenvalue weighted by Crippen LogP contribution is 2.23. The molecule has 0 heterocycles. The van der Waals surface area contributed by atoms with Gasteiger partial charge in [0.05, 0.1) is 11.9 Å². The van der Waals surface area contributed by atoms with Gasteiger partial charge in [-0.25, -0.2) is 8.42 Å². The number of amides is 2. The summed E-state index contributed by atoms with van der Waals surface area (Å²) in [6, 6.07) is 25.3. The van der Waals surface area contributed by atoms with Crippen molar-refractivity contribution >= 4 is 27.5 Å². The summed E-state index contributed by atoms with van der Waals surface area (Å²) in [5.74, 6) is 0.149. The molecule has 0 aliphatic carbocycles. The van der Waals surface area contributed by atoms with E-state index in [2.05, 4.69) is 5.32 Å². The fourth-order valence-electron chi connectivity index (χ4n) is 4.38. The Morgan fingerprint density at radius 3 is 2.00 bits per heavy atom. The third kappa shape index (κ3) is 9.93. The molecule has 0 aliphatic heterocycles. The van der Waals surface area contributed by atoms with Gasteiger partial charge in [0.2, 0.25) is 21.8 Å². The zero-order valence-corrected chi connectivity index (χ0v) is 25.1. The van der Waals surface area contributed by atoms with Crippen molar-refractivity contribution in [3.05, 3.63) is 96.1 Å². The van der Waals surface area contributed by atoms with Gasteiger partial charge >= 0.3 is 0 Å². The summed E-state index contributed by atoms with van der Waals surface area (Å²) in [6.07, 6.45) is 2.00. The Balaban J connectivity index is 1.80. The molecule has 0 aliphatic rings. The first-order valence-electron chi connectivity index (χ1n) is 13.9. The molecule has 1 unspecified atom stereocenters. The highest BCUT2D eigenvalue weighted by molar-refractivity contribution is 7.92. The van der Waals surface area contributed by atoms with Crippen LogP contribution in [-0.4, -0.2) is 57.1 Å². The lowest BCUT2D eigenvalue weighted by Crippen LogP contribution is -2.53. The molecule has 0 saturated carbocycles. The van der Waals surface area contributed by atoms with Gasteiger partial charge in [-0.2, -0.15) is 0 Å². The van der Waals surface area contributed by atoms with Gasteiger partial charge in [0.25, 0.3) is 0 Å². The minimum absolute atomic E-state index is 0.242. The summed E-state index contributed by atoms with van der Waals surface area (Å²) in [4.78, 5) is 28.4. The summed E-state index contributed by atoms with van der Waals surface area (Å²) < 4.78 is 32.6. The zero-order valence-electron chi connectivity index (χ0n) is 24.3. The van der Waals surface area contributed by atoms with Crippen LogP contribution in [0.3, 0.4) is 0 Å². The fourth-order valence-corrected chi connectivity index (χ4v) is 5.23. The van der Waals surface area contributed by atoms with Crippen LogP contribution in [0.5, 0.6) is 5.75 Å². The molecule has 0 radical (unpaired) electrons. The lowest BCUT2D eigenvalue weighted by atomic mass is 10.1. The van der Waals surface area contributed by atoms with E-state index in [9.17, 15) is 18.0 Å². The molecule has 220 valence electrons. The normalized spacial score (nSPS) is 12.0. The van der Waals surface area contributed by atoms with Crippen LogP contribution >= 0.6 is 0 Å². The maximum absolute atomic E-state index is 13.8. The van der Waals surface area contributed by atoms with E-state index in [1.165, 1.54) is 4.90 Å². The number of hydrogen-bond acceptors (Lipinski definition) is 5. The molecule has 0 fully saturated rings. The van der Waals surface area contributed by atoms with Gasteiger partial charge in [-0.15, -0.1) is 0 Å². The van der Waals surface area contributed by atoms with Crippen molar-refractivity contribution in [1.29, 1.82) is 0 Å². The van der Waals surface area contributed by atoms with Gasteiger partial charge in [0.1, 0.15) is 24.9 Å². The quantitative estimate of drug-likeness (QED) is 0.283. The topological polar surface area (TPSA) is 96.0 Å². The lowest BCUT2D eigenvalue weighted by Gasteiger charge is -2.33. The number of nitrogens with one attached hydrogen (secondary N) is 1. The van der Waals surface area contributed by atoms with E-state index >= 15 is 0 Å². The number of rotatable bonds is 15. The SMILES string of the molecule is CCC(C(=O)NCC(C)C)N(CCc1ccccc1)C(=O)CN(c1ccc(OCc2ccccc2)cc1)S(C)(=O)=O. The first-order valence-corrected chi connectivity index (χ1v) is 15.8. The van der Waals surface area contributed by atoms with Crippen LogP contribution in [0.4, 0.5) is 5.69 Å². The van der Waals surface area contributed by atoms with Gasteiger partial charge in [-0.05, 0) is 54.2 Å². The molecular formula is C32H41N3O5S. The maximum atomic E-state index is 13.8. The predicted octanol–water partition coefficient (Wildman–Crippen LogP) is 4.65. The van der Waals surface area contributed by atoms with Gasteiger partial charge in [-0.1, -0.05) is 81.4 Å². The third-order valence-corrected chi connectivity index (χ3v) is 7.75. The fraction of sp³-hybridized carbons (Fsp3) is 0.375. The number of hydrogen-bond donors (Lipinski definition) is 1. The molecule has 41 heavy (non-hydrogen) atoms. The van der Waals surface area contributed by atoms with Crippen LogP contribution < -0.4 is 14.4 Å². The van der Waals surface area contributed by atoms with E-state index < -0.39 is 28.5 Å². The number of sulfonamides is 1. The molecule has 9 heteroatoms. The van der Waals surface area contributed by atoms with Gasteiger partial charge in [0.15, 0.2) is 0 Å². The Morgan fingerprint density at radius 2 is 1.46 bits per heavy atom. The highest BCUT2D eigenvalue weighted by Gasteiger charge is 2.31. The van der Waals surface area contributed by atoms with E-state index in [1.807, 2.05) is 81.4 Å². The molecule has 1 atom stereocenters. The first kappa shape index (κ1) is 31.7. The van der Waals surface area contributed by atoms with E-state index in [4.69, 9.17) is 4.74 Å². The molecule has 0 aromatic heterocycles. The van der Waals surface area contributed by atoms with Gasteiger partial charge in [-0.3, -0.25) is 13.9 Å². The highest BCUT2D eigenvalue weighted by atomic mass is 32.2. The summed E-state index contributed by atoms with van der Waals surface area (Å²) >= 11 is 0. The molecule has 2 amide bonds. The van der Waals surface area contributed by atoms with Crippen molar-refractivity contribution in [1.82, 2.24) is 10.2 Å². The van der Waals surface area contributed by atoms with E-state index in [0.29, 0.717) is 37.4 Å². The number of carbonyl (C=O) groups is 2. The summed E-state index contributed by atoms with van der Waals surface area (Å²) in [7, 11) is -3.81. The Morgan fingerprint density at radius 1 is 0.878 bits per heavy atom. The first-order chi connectivity index (χ1) is 19.6. The lowest BCUT2D eigenvalue weighted by molar-refractivity contribution is -0.139. The molecule has 8 nitrogen and oxygen atoms in total. The summed E-state index contributed by atoms with van der Waals surface area (Å²) in [5, 5.41) is 2.93. The van der Waals surface area contributed by atoms with Crippen LogP contribution in [-0.2, 0) is 32.6 Å². The Hall–Kier alpha value is -3.85. The standard InChI is InChI=1S/C32H41N3O5S/c1-5-30(32(37)33-22-25(2)3)34(21-20-26-12-8-6-9-13-26)31(36)23-35(41(4,38)39)28-16-18-29(19-17-28)40-24-27-14-10-7-11-15-27/h6-19,25,30H,5,20-24H2,1-4H3,(H,33,37). The van der Waals surface area contributed by atoms with Crippen molar-refractivity contribution < 1.29 is 22.7 Å².